The van der Waals surface area contributed by atoms with Crippen molar-refractivity contribution in [3.63, 3.8) is 0 Å². The van der Waals surface area contributed by atoms with Gasteiger partial charge in [0, 0.05) is 10.4 Å². The largest absolute Gasteiger partial charge is 0.351 e. The maximum atomic E-state index is 11.9. The number of thioether (sulfide) groups is 1. The number of amides is 1. The summed E-state index contributed by atoms with van der Waals surface area (Å²) in [7, 11) is 0. The molecular weight excluding hydrogens is 318 g/mol. The molecule has 0 aliphatic carbocycles. The molecule has 6 nitrogen and oxygen atoms in total. The van der Waals surface area contributed by atoms with Crippen molar-refractivity contribution in [2.24, 2.45) is 0 Å². The first-order valence-corrected chi connectivity index (χ1v) is 8.84. The van der Waals surface area contributed by atoms with Gasteiger partial charge in [0.1, 0.15) is 5.82 Å². The zero-order valence-electron chi connectivity index (χ0n) is 13.2. The van der Waals surface area contributed by atoms with Gasteiger partial charge in [-0.05, 0) is 39.1 Å². The number of nitrogens with zero attached hydrogens (tertiary/aromatic N) is 3. The Bertz CT molecular complexity index is 616. The fraction of sp³-hybridized carbons (Fsp3) is 0.500. The first kappa shape index (κ1) is 16.8. The highest BCUT2D eigenvalue weighted by Crippen LogP contribution is 2.16. The summed E-state index contributed by atoms with van der Waals surface area (Å²) in [5.41, 5.74) is 3.06. The second-order valence-corrected chi connectivity index (χ2v) is 7.84. The highest BCUT2D eigenvalue weighted by molar-refractivity contribution is 7.99. The van der Waals surface area contributed by atoms with Crippen molar-refractivity contribution in [3.05, 3.63) is 28.2 Å². The van der Waals surface area contributed by atoms with Crippen LogP contribution in [0.5, 0.6) is 0 Å². The predicted molar refractivity (Wildman–Crippen MR) is 90.8 cm³/mol. The van der Waals surface area contributed by atoms with Gasteiger partial charge in [-0.15, -0.1) is 21.5 Å². The van der Waals surface area contributed by atoms with E-state index in [0.29, 0.717) is 17.5 Å². The smallest absolute Gasteiger partial charge is 0.230 e. The third-order valence-corrected chi connectivity index (χ3v) is 4.44. The number of hydrogen-bond donors (Lipinski definition) is 2. The molecule has 0 fully saturated rings. The van der Waals surface area contributed by atoms with Crippen LogP contribution in [0.15, 0.2) is 22.7 Å². The number of aryl methyl sites for hydroxylation is 1. The highest BCUT2D eigenvalue weighted by Gasteiger charge is 2.16. The van der Waals surface area contributed by atoms with E-state index in [4.69, 9.17) is 0 Å². The minimum atomic E-state index is -0.224. The summed E-state index contributed by atoms with van der Waals surface area (Å²) in [5.74, 6) is 1.08. The van der Waals surface area contributed by atoms with Crippen molar-refractivity contribution in [1.29, 1.82) is 0 Å². The second kappa shape index (κ2) is 7.15. The maximum Gasteiger partial charge on any atom is 0.230 e. The third kappa shape index (κ3) is 5.03. The molecule has 0 spiro atoms. The van der Waals surface area contributed by atoms with E-state index in [2.05, 4.69) is 27.0 Å². The Morgan fingerprint density at radius 1 is 1.41 bits per heavy atom. The molecule has 120 valence electrons. The van der Waals surface area contributed by atoms with E-state index < -0.39 is 0 Å². The number of hydrogen-bond acceptors (Lipinski definition) is 6. The van der Waals surface area contributed by atoms with Crippen LogP contribution in [0.1, 0.15) is 31.5 Å². The van der Waals surface area contributed by atoms with E-state index in [1.54, 1.807) is 11.3 Å². The van der Waals surface area contributed by atoms with Crippen molar-refractivity contribution in [2.45, 2.75) is 44.9 Å². The van der Waals surface area contributed by atoms with E-state index in [9.17, 15) is 4.79 Å². The molecule has 0 bridgehead atoms. The molecule has 2 heterocycles. The number of carbonyl (C=O) groups excluding carboxylic acids is 1. The Hall–Kier alpha value is -1.54. The first-order chi connectivity index (χ1) is 10.3. The fourth-order valence-corrected chi connectivity index (χ4v) is 3.17. The van der Waals surface area contributed by atoms with Gasteiger partial charge in [-0.3, -0.25) is 4.79 Å². The number of thiophene rings is 1. The topological polar surface area (TPSA) is 71.8 Å². The van der Waals surface area contributed by atoms with Crippen LogP contribution >= 0.6 is 23.1 Å². The van der Waals surface area contributed by atoms with Gasteiger partial charge < -0.3 is 10.7 Å². The van der Waals surface area contributed by atoms with Crippen LogP contribution < -0.4 is 10.7 Å². The minimum Gasteiger partial charge on any atom is -0.351 e. The monoisotopic (exact) mass is 339 g/mol. The Kier molecular flexibility index (Phi) is 5.47. The van der Waals surface area contributed by atoms with Gasteiger partial charge >= 0.3 is 0 Å². The summed E-state index contributed by atoms with van der Waals surface area (Å²) in [6, 6.07) is 4.09. The van der Waals surface area contributed by atoms with Crippen LogP contribution in [0.3, 0.4) is 0 Å². The van der Waals surface area contributed by atoms with Gasteiger partial charge in [-0.25, -0.2) is 4.68 Å². The van der Waals surface area contributed by atoms with Gasteiger partial charge in [-0.2, -0.15) is 0 Å². The van der Waals surface area contributed by atoms with Crippen molar-refractivity contribution in [3.8, 4) is 0 Å². The molecule has 1 amide bonds. The summed E-state index contributed by atoms with van der Waals surface area (Å²) in [4.78, 5) is 13.1. The molecule has 0 atom stereocenters. The zero-order chi connectivity index (χ0) is 16.2. The Balaban J connectivity index is 1.93. The van der Waals surface area contributed by atoms with Crippen molar-refractivity contribution < 1.29 is 4.79 Å². The molecule has 0 unspecified atom stereocenters. The molecule has 0 saturated heterocycles. The van der Waals surface area contributed by atoms with Crippen molar-refractivity contribution in [1.82, 2.24) is 20.2 Å². The van der Waals surface area contributed by atoms with Gasteiger partial charge in [0.15, 0.2) is 0 Å². The van der Waals surface area contributed by atoms with E-state index in [1.807, 2.05) is 43.8 Å². The molecule has 0 aromatic carbocycles. The predicted octanol–water partition coefficient (Wildman–Crippen LogP) is 2.40. The second-order valence-electron chi connectivity index (χ2n) is 5.87. The van der Waals surface area contributed by atoms with E-state index in [1.165, 1.54) is 16.6 Å². The van der Waals surface area contributed by atoms with Crippen LogP contribution in [0.2, 0.25) is 0 Å². The van der Waals surface area contributed by atoms with Crippen LogP contribution in [0.25, 0.3) is 0 Å². The summed E-state index contributed by atoms with van der Waals surface area (Å²) in [6.07, 6.45) is 0. The highest BCUT2D eigenvalue weighted by atomic mass is 32.2. The Labute approximate surface area is 138 Å². The normalized spacial score (nSPS) is 11.5. The molecule has 8 heteroatoms. The molecule has 2 N–H and O–H groups in total. The summed E-state index contributed by atoms with van der Waals surface area (Å²) < 4.78 is 1.83. The number of rotatable bonds is 6. The van der Waals surface area contributed by atoms with E-state index >= 15 is 0 Å². The summed E-state index contributed by atoms with van der Waals surface area (Å²) in [5, 5.41) is 13.9. The molecule has 2 aromatic rings. The third-order valence-electron chi connectivity index (χ3n) is 2.63. The van der Waals surface area contributed by atoms with E-state index in [0.717, 1.165) is 5.82 Å². The SMILES string of the molecule is Cc1nnc(SCC(=O)NC(C)(C)C)n1NCc1cccs1. The zero-order valence-corrected chi connectivity index (χ0v) is 14.8. The Morgan fingerprint density at radius 2 is 2.18 bits per heavy atom. The Morgan fingerprint density at radius 3 is 2.82 bits per heavy atom. The molecule has 0 aliphatic rings. The van der Waals surface area contributed by atoms with E-state index in [-0.39, 0.29) is 11.4 Å². The van der Waals surface area contributed by atoms with Gasteiger partial charge in [0.05, 0.1) is 12.3 Å². The van der Waals surface area contributed by atoms with Crippen molar-refractivity contribution in [2.75, 3.05) is 11.2 Å². The number of aromatic nitrogens is 3. The standard InChI is InChI=1S/C14H21N5OS2/c1-10-17-18-13(22-9-12(20)16-14(2,3)4)19(10)15-8-11-6-5-7-21-11/h5-7,15H,8-9H2,1-4H3,(H,16,20). The quantitative estimate of drug-likeness (QED) is 0.791. The fourth-order valence-electron chi connectivity index (χ4n) is 1.77. The summed E-state index contributed by atoms with van der Waals surface area (Å²) >= 11 is 3.07. The molecule has 0 aliphatic heterocycles. The molecular formula is C14H21N5OS2. The van der Waals surface area contributed by atoms with Crippen LogP contribution in [0, 0.1) is 6.92 Å². The molecule has 2 aromatic heterocycles. The number of carbonyl (C=O) groups is 1. The minimum absolute atomic E-state index is 0.0111. The molecule has 0 saturated carbocycles. The number of nitrogens with one attached hydrogen (secondary N) is 2. The lowest BCUT2D eigenvalue weighted by Crippen LogP contribution is -2.41. The molecule has 0 radical (unpaired) electrons. The average Bonchev–Trinajstić information content (AvgIpc) is 3.02. The lowest BCUT2D eigenvalue weighted by Gasteiger charge is -2.20. The molecule has 22 heavy (non-hydrogen) atoms. The van der Waals surface area contributed by atoms with Gasteiger partial charge in [-0.1, -0.05) is 17.8 Å². The van der Waals surface area contributed by atoms with Crippen LogP contribution in [-0.4, -0.2) is 32.1 Å². The lowest BCUT2D eigenvalue weighted by molar-refractivity contribution is -0.119. The molecule has 2 rings (SSSR count). The van der Waals surface area contributed by atoms with Crippen LogP contribution in [-0.2, 0) is 11.3 Å². The summed E-state index contributed by atoms with van der Waals surface area (Å²) in [6.45, 7) is 8.48. The van der Waals surface area contributed by atoms with Gasteiger partial charge in [0.2, 0.25) is 11.1 Å². The average molecular weight is 339 g/mol. The first-order valence-electron chi connectivity index (χ1n) is 6.97. The van der Waals surface area contributed by atoms with Gasteiger partial charge in [0.25, 0.3) is 0 Å². The lowest BCUT2D eigenvalue weighted by atomic mass is 10.1. The van der Waals surface area contributed by atoms with Crippen molar-refractivity contribution >= 4 is 29.0 Å². The maximum absolute atomic E-state index is 11.9. The van der Waals surface area contributed by atoms with Crippen LogP contribution in [0.4, 0.5) is 0 Å².